The molecule has 2 aliphatic rings. The molecule has 0 aromatic heterocycles. The summed E-state index contributed by atoms with van der Waals surface area (Å²) in [7, 11) is 3.36. The number of carbonyl (C=O) groups excluding carboxylic acids is 4. The monoisotopic (exact) mass is 620 g/mol. The number of carbonyl (C=O) groups is 4. The third-order valence-electron chi connectivity index (χ3n) is 8.92. The molecule has 4 rings (SSSR count). The molecule has 2 fully saturated rings. The van der Waals surface area contributed by atoms with Gasteiger partial charge in [0.2, 0.25) is 17.7 Å². The van der Waals surface area contributed by atoms with Crippen LogP contribution in [0.5, 0.6) is 5.75 Å². The summed E-state index contributed by atoms with van der Waals surface area (Å²) in [5, 5.41) is 14.8. The fourth-order valence-corrected chi connectivity index (χ4v) is 6.45. The summed E-state index contributed by atoms with van der Waals surface area (Å²) in [6.07, 6.45) is 4.41. The number of fused-ring (bicyclic) bond motifs is 1. The summed E-state index contributed by atoms with van der Waals surface area (Å²) in [5.41, 5.74) is 2.08. The normalized spacial score (nSPS) is 21.7. The van der Waals surface area contributed by atoms with Gasteiger partial charge < -0.3 is 36.2 Å². The molecule has 2 heterocycles. The van der Waals surface area contributed by atoms with Crippen LogP contribution >= 0.6 is 0 Å². The van der Waals surface area contributed by atoms with Crippen molar-refractivity contribution in [1.82, 2.24) is 31.5 Å². The third kappa shape index (κ3) is 9.20. The van der Waals surface area contributed by atoms with Crippen molar-refractivity contribution < 1.29 is 23.9 Å². The highest BCUT2D eigenvalue weighted by atomic mass is 16.5. The van der Waals surface area contributed by atoms with Crippen molar-refractivity contribution in [3.63, 3.8) is 0 Å². The van der Waals surface area contributed by atoms with Crippen LogP contribution in [-0.4, -0.2) is 86.6 Å². The minimum Gasteiger partial charge on any atom is -0.497 e. The van der Waals surface area contributed by atoms with Gasteiger partial charge in [-0.25, -0.2) is 4.79 Å². The minimum absolute atomic E-state index is 0.0694. The van der Waals surface area contributed by atoms with Crippen LogP contribution in [0.25, 0.3) is 0 Å². The molecular weight excluding hydrogens is 572 g/mol. The molecule has 0 spiro atoms. The van der Waals surface area contributed by atoms with Crippen LogP contribution in [0.3, 0.4) is 0 Å². The number of urea groups is 1. The van der Waals surface area contributed by atoms with Crippen LogP contribution < -0.4 is 31.3 Å². The van der Waals surface area contributed by atoms with E-state index in [4.69, 9.17) is 4.74 Å². The standard InChI is InChI=1S/C34H48N6O5/c1-4-36-34(44)38-21-19-25-12-13-26-14-17-29(32(42)37-20-18-23-10-15-27(45-3)16-11-23)40(26)33(43)30(25)39-31(41)28(35-2)22-24-8-6-5-7-9-24/h5-11,15-16,25-26,28-30,35H,4,12-14,17-22H2,1-3H3,(H,37,42)(H,39,41)(H2,36,38,44)/t25?,26?,28-,29+,30?/m1/s1. The fraction of sp³-hybridized carbons (Fsp3) is 0.529. The summed E-state index contributed by atoms with van der Waals surface area (Å²) in [6.45, 7) is 3.18. The van der Waals surface area contributed by atoms with Gasteiger partial charge in [0.15, 0.2) is 0 Å². The van der Waals surface area contributed by atoms with Crippen LogP contribution in [0.1, 0.15) is 50.2 Å². The summed E-state index contributed by atoms with van der Waals surface area (Å²) in [4.78, 5) is 55.2. The van der Waals surface area contributed by atoms with Crippen LogP contribution in [0.4, 0.5) is 4.79 Å². The van der Waals surface area contributed by atoms with Crippen LogP contribution in [0, 0.1) is 5.92 Å². The molecule has 2 saturated heterocycles. The highest BCUT2D eigenvalue weighted by molar-refractivity contribution is 5.94. The van der Waals surface area contributed by atoms with E-state index in [1.54, 1.807) is 19.1 Å². The number of hydrogen-bond donors (Lipinski definition) is 5. The quantitative estimate of drug-likeness (QED) is 0.219. The number of hydrogen-bond acceptors (Lipinski definition) is 6. The Morgan fingerprint density at radius 1 is 0.911 bits per heavy atom. The topological polar surface area (TPSA) is 141 Å². The Labute approximate surface area is 266 Å². The summed E-state index contributed by atoms with van der Waals surface area (Å²) in [5.74, 6) is -0.0729. The van der Waals surface area contributed by atoms with Gasteiger partial charge in [-0.05, 0) is 88.1 Å². The van der Waals surface area contributed by atoms with Crippen LogP contribution in [0.15, 0.2) is 54.6 Å². The van der Waals surface area contributed by atoms with E-state index in [9.17, 15) is 19.2 Å². The van der Waals surface area contributed by atoms with E-state index in [0.29, 0.717) is 51.7 Å². The Hall–Kier alpha value is -4.12. The Morgan fingerprint density at radius 2 is 1.64 bits per heavy atom. The fourth-order valence-electron chi connectivity index (χ4n) is 6.45. The molecule has 5 N–H and O–H groups in total. The molecule has 2 aromatic carbocycles. The predicted molar refractivity (Wildman–Crippen MR) is 173 cm³/mol. The lowest BCUT2D eigenvalue weighted by molar-refractivity contribution is -0.143. The number of ether oxygens (including phenoxy) is 1. The van der Waals surface area contributed by atoms with E-state index in [1.807, 2.05) is 61.5 Å². The Balaban J connectivity index is 1.46. The molecule has 11 heteroatoms. The molecule has 0 bridgehead atoms. The van der Waals surface area contributed by atoms with Crippen molar-refractivity contribution in [2.45, 2.75) is 76.0 Å². The van der Waals surface area contributed by atoms with E-state index in [2.05, 4.69) is 26.6 Å². The molecule has 3 unspecified atom stereocenters. The van der Waals surface area contributed by atoms with Gasteiger partial charge in [0.1, 0.15) is 17.8 Å². The first-order valence-electron chi connectivity index (χ1n) is 16.1. The molecular formula is C34H48N6O5. The summed E-state index contributed by atoms with van der Waals surface area (Å²) >= 11 is 0. The zero-order valence-corrected chi connectivity index (χ0v) is 26.6. The Morgan fingerprint density at radius 3 is 2.33 bits per heavy atom. The first kappa shape index (κ1) is 33.8. The van der Waals surface area contributed by atoms with Crippen LogP contribution in [0.2, 0.25) is 0 Å². The first-order valence-corrected chi connectivity index (χ1v) is 16.1. The maximum Gasteiger partial charge on any atom is 0.314 e. The lowest BCUT2D eigenvalue weighted by Crippen LogP contribution is -2.58. The van der Waals surface area contributed by atoms with Crippen molar-refractivity contribution in [1.29, 1.82) is 0 Å². The summed E-state index contributed by atoms with van der Waals surface area (Å²) in [6, 6.07) is 15.2. The van der Waals surface area contributed by atoms with Crippen molar-refractivity contribution in [3.8, 4) is 5.75 Å². The van der Waals surface area contributed by atoms with Crippen molar-refractivity contribution in [2.75, 3.05) is 33.8 Å². The molecule has 5 atom stereocenters. The number of methoxy groups -OCH3 is 1. The number of rotatable bonds is 14. The summed E-state index contributed by atoms with van der Waals surface area (Å²) < 4.78 is 5.22. The molecule has 0 radical (unpaired) electrons. The van der Waals surface area contributed by atoms with Gasteiger partial charge >= 0.3 is 6.03 Å². The molecule has 0 saturated carbocycles. The average molecular weight is 621 g/mol. The van der Waals surface area contributed by atoms with Crippen molar-refractivity contribution in [3.05, 3.63) is 65.7 Å². The van der Waals surface area contributed by atoms with E-state index >= 15 is 0 Å². The predicted octanol–water partition coefficient (Wildman–Crippen LogP) is 2.15. The van der Waals surface area contributed by atoms with Crippen LogP contribution in [-0.2, 0) is 27.2 Å². The van der Waals surface area contributed by atoms with E-state index < -0.39 is 18.1 Å². The lowest BCUT2D eigenvalue weighted by Gasteiger charge is -2.33. The SMILES string of the molecule is CCNC(=O)NCCC1CCC2CC[C@@H](C(=O)NCCc3ccc(OC)cc3)N2C(=O)C1NC(=O)[C@@H](Cc1ccccc1)NC. The third-order valence-corrected chi connectivity index (χ3v) is 8.92. The van der Waals surface area contributed by atoms with Crippen molar-refractivity contribution in [2.24, 2.45) is 5.92 Å². The molecule has 2 aromatic rings. The molecule has 11 nitrogen and oxygen atoms in total. The second-order valence-electron chi connectivity index (χ2n) is 11.8. The van der Waals surface area contributed by atoms with Gasteiger partial charge in [0.05, 0.1) is 13.2 Å². The lowest BCUT2D eigenvalue weighted by atomic mass is 9.90. The zero-order valence-electron chi connectivity index (χ0n) is 26.6. The first-order chi connectivity index (χ1) is 21.8. The molecule has 2 aliphatic heterocycles. The maximum atomic E-state index is 14.3. The second-order valence-corrected chi connectivity index (χ2v) is 11.8. The van der Waals surface area contributed by atoms with Gasteiger partial charge in [-0.1, -0.05) is 42.5 Å². The molecule has 45 heavy (non-hydrogen) atoms. The van der Waals surface area contributed by atoms with Gasteiger partial charge in [-0.3, -0.25) is 14.4 Å². The number of likely N-dealkylation sites (N-methyl/N-ethyl adjacent to an activating group) is 1. The van der Waals surface area contributed by atoms with Gasteiger partial charge in [0, 0.05) is 25.7 Å². The zero-order chi connectivity index (χ0) is 32.2. The maximum absolute atomic E-state index is 14.3. The minimum atomic E-state index is -0.808. The highest BCUT2D eigenvalue weighted by Crippen LogP contribution is 2.35. The second kappa shape index (κ2) is 16.8. The highest BCUT2D eigenvalue weighted by Gasteiger charge is 2.47. The number of nitrogens with one attached hydrogen (secondary N) is 5. The van der Waals surface area contributed by atoms with Gasteiger partial charge in [-0.2, -0.15) is 0 Å². The van der Waals surface area contributed by atoms with E-state index in [-0.39, 0.29) is 35.7 Å². The largest absolute Gasteiger partial charge is 0.497 e. The Bertz CT molecular complexity index is 1270. The molecule has 0 aliphatic carbocycles. The van der Waals surface area contributed by atoms with Gasteiger partial charge in [-0.15, -0.1) is 0 Å². The molecule has 244 valence electrons. The Kier molecular flexibility index (Phi) is 12.6. The molecule has 5 amide bonds. The average Bonchev–Trinajstić information content (AvgIpc) is 3.44. The van der Waals surface area contributed by atoms with Crippen molar-refractivity contribution >= 4 is 23.8 Å². The van der Waals surface area contributed by atoms with Gasteiger partial charge in [0.25, 0.3) is 0 Å². The number of amides is 5. The smallest absolute Gasteiger partial charge is 0.314 e. The number of nitrogens with zero attached hydrogens (tertiary/aromatic N) is 1. The van der Waals surface area contributed by atoms with E-state index in [0.717, 1.165) is 29.7 Å². The number of benzene rings is 2. The van der Waals surface area contributed by atoms with E-state index in [1.165, 1.54) is 0 Å².